The summed E-state index contributed by atoms with van der Waals surface area (Å²) in [6, 6.07) is 19.8. The Morgan fingerprint density at radius 2 is 1.70 bits per heavy atom. The molecule has 0 aromatic heterocycles. The van der Waals surface area contributed by atoms with Crippen molar-refractivity contribution < 1.29 is 17.9 Å². The molecule has 156 valence electrons. The molecule has 0 atom stereocenters. The van der Waals surface area contributed by atoms with Crippen molar-refractivity contribution in [3.8, 4) is 5.75 Å². The molecule has 30 heavy (non-hydrogen) atoms. The second kappa shape index (κ2) is 9.19. The Labute approximate surface area is 181 Å². The predicted molar refractivity (Wildman–Crippen MR) is 119 cm³/mol. The van der Waals surface area contributed by atoms with Crippen molar-refractivity contribution >= 4 is 38.9 Å². The van der Waals surface area contributed by atoms with Gasteiger partial charge in [-0.15, -0.1) is 0 Å². The van der Waals surface area contributed by atoms with Crippen LogP contribution in [0.1, 0.15) is 5.56 Å². The van der Waals surface area contributed by atoms with E-state index in [1.807, 2.05) is 6.92 Å². The third-order valence-electron chi connectivity index (χ3n) is 4.37. The van der Waals surface area contributed by atoms with E-state index in [0.717, 1.165) is 9.87 Å². The van der Waals surface area contributed by atoms with Crippen LogP contribution in [0.2, 0.25) is 5.02 Å². The van der Waals surface area contributed by atoms with Gasteiger partial charge in [0.05, 0.1) is 28.4 Å². The van der Waals surface area contributed by atoms with Gasteiger partial charge < -0.3 is 10.1 Å². The highest BCUT2D eigenvalue weighted by atomic mass is 35.5. The molecule has 0 spiro atoms. The van der Waals surface area contributed by atoms with Crippen molar-refractivity contribution in [2.45, 2.75) is 11.8 Å². The van der Waals surface area contributed by atoms with E-state index in [1.54, 1.807) is 60.7 Å². The summed E-state index contributed by atoms with van der Waals surface area (Å²) >= 11 is 6.11. The maximum atomic E-state index is 13.4. The highest BCUT2D eigenvalue weighted by Gasteiger charge is 2.29. The van der Waals surface area contributed by atoms with Crippen LogP contribution in [-0.4, -0.2) is 28.0 Å². The van der Waals surface area contributed by atoms with Crippen LogP contribution in [0.15, 0.2) is 77.7 Å². The first-order valence-electron chi connectivity index (χ1n) is 9.09. The van der Waals surface area contributed by atoms with Crippen molar-refractivity contribution in [2.75, 3.05) is 23.3 Å². The lowest BCUT2D eigenvalue weighted by Crippen LogP contribution is -2.38. The van der Waals surface area contributed by atoms with Crippen molar-refractivity contribution in [1.82, 2.24) is 0 Å². The second-order valence-corrected chi connectivity index (χ2v) is 8.80. The van der Waals surface area contributed by atoms with Crippen molar-refractivity contribution in [3.63, 3.8) is 0 Å². The van der Waals surface area contributed by atoms with E-state index in [0.29, 0.717) is 16.5 Å². The van der Waals surface area contributed by atoms with Crippen LogP contribution in [0.5, 0.6) is 5.75 Å². The molecule has 0 aliphatic rings. The number of hydrogen-bond donors (Lipinski definition) is 1. The molecule has 0 aliphatic carbocycles. The van der Waals surface area contributed by atoms with Gasteiger partial charge in [0, 0.05) is 0 Å². The number of aryl methyl sites for hydroxylation is 1. The molecule has 0 saturated carbocycles. The Morgan fingerprint density at radius 3 is 2.37 bits per heavy atom. The fraction of sp³-hybridized carbons (Fsp3) is 0.136. The lowest BCUT2D eigenvalue weighted by atomic mass is 10.2. The van der Waals surface area contributed by atoms with Gasteiger partial charge in [0.1, 0.15) is 12.3 Å². The summed E-state index contributed by atoms with van der Waals surface area (Å²) in [7, 11) is -2.59. The Balaban J connectivity index is 2.03. The summed E-state index contributed by atoms with van der Waals surface area (Å²) in [6.07, 6.45) is 0. The SMILES string of the molecule is COc1ccc(C)cc1N(CC(=O)Nc1ccccc1Cl)S(=O)(=O)c1ccccc1. The van der Waals surface area contributed by atoms with Crippen LogP contribution in [-0.2, 0) is 14.8 Å². The monoisotopic (exact) mass is 444 g/mol. The lowest BCUT2D eigenvalue weighted by molar-refractivity contribution is -0.114. The summed E-state index contributed by atoms with van der Waals surface area (Å²) in [6.45, 7) is 1.38. The normalized spacial score (nSPS) is 11.0. The predicted octanol–water partition coefficient (Wildman–Crippen LogP) is 4.49. The Kier molecular flexibility index (Phi) is 6.64. The number of benzene rings is 3. The highest BCUT2D eigenvalue weighted by molar-refractivity contribution is 7.92. The largest absolute Gasteiger partial charge is 0.495 e. The van der Waals surface area contributed by atoms with Gasteiger partial charge in [-0.3, -0.25) is 9.10 Å². The zero-order valence-corrected chi connectivity index (χ0v) is 18.1. The van der Waals surface area contributed by atoms with E-state index < -0.39 is 22.5 Å². The van der Waals surface area contributed by atoms with Crippen molar-refractivity contribution in [2.24, 2.45) is 0 Å². The molecule has 0 bridgehead atoms. The zero-order valence-electron chi connectivity index (χ0n) is 16.5. The number of sulfonamides is 1. The molecular formula is C22H21ClN2O4S. The van der Waals surface area contributed by atoms with E-state index in [1.165, 1.54) is 19.2 Å². The standard InChI is InChI=1S/C22H21ClN2O4S/c1-16-12-13-21(29-2)20(14-16)25(30(27,28)17-8-4-3-5-9-17)15-22(26)24-19-11-7-6-10-18(19)23/h3-14H,15H2,1-2H3,(H,24,26). The first-order chi connectivity index (χ1) is 14.3. The minimum atomic E-state index is -4.04. The lowest BCUT2D eigenvalue weighted by Gasteiger charge is -2.26. The molecule has 0 heterocycles. The average Bonchev–Trinajstić information content (AvgIpc) is 2.74. The van der Waals surface area contributed by atoms with Crippen molar-refractivity contribution in [1.29, 1.82) is 0 Å². The summed E-state index contributed by atoms with van der Waals surface area (Å²) < 4.78 is 33.3. The van der Waals surface area contributed by atoms with Gasteiger partial charge in [-0.1, -0.05) is 48.0 Å². The van der Waals surface area contributed by atoms with Crippen LogP contribution in [0.25, 0.3) is 0 Å². The number of rotatable bonds is 7. The molecule has 3 aromatic carbocycles. The van der Waals surface area contributed by atoms with E-state index in [2.05, 4.69) is 5.32 Å². The fourth-order valence-corrected chi connectivity index (χ4v) is 4.52. The molecule has 0 unspecified atom stereocenters. The van der Waals surface area contributed by atoms with Crippen LogP contribution in [0, 0.1) is 6.92 Å². The maximum Gasteiger partial charge on any atom is 0.264 e. The Hall–Kier alpha value is -3.03. The minimum Gasteiger partial charge on any atom is -0.495 e. The fourth-order valence-electron chi connectivity index (χ4n) is 2.90. The topological polar surface area (TPSA) is 75.7 Å². The minimum absolute atomic E-state index is 0.0686. The van der Waals surface area contributed by atoms with Gasteiger partial charge in [0.2, 0.25) is 5.91 Å². The van der Waals surface area contributed by atoms with Crippen LogP contribution >= 0.6 is 11.6 Å². The number of amides is 1. The number of carbonyl (C=O) groups excluding carboxylic acids is 1. The average molecular weight is 445 g/mol. The zero-order chi connectivity index (χ0) is 21.7. The number of hydrogen-bond acceptors (Lipinski definition) is 4. The first kappa shape index (κ1) is 21.7. The summed E-state index contributed by atoms with van der Waals surface area (Å²) in [5.41, 5.74) is 1.50. The summed E-state index contributed by atoms with van der Waals surface area (Å²) in [5.74, 6) is -0.197. The Bertz CT molecular complexity index is 1150. The summed E-state index contributed by atoms with van der Waals surface area (Å²) in [4.78, 5) is 12.9. The molecule has 8 heteroatoms. The number of nitrogens with one attached hydrogen (secondary N) is 1. The number of nitrogens with zero attached hydrogens (tertiary/aromatic N) is 1. The van der Waals surface area contributed by atoms with Gasteiger partial charge in [0.25, 0.3) is 10.0 Å². The van der Waals surface area contributed by atoms with Crippen LogP contribution in [0.4, 0.5) is 11.4 Å². The number of carbonyl (C=O) groups is 1. The number of anilines is 2. The molecule has 1 amide bonds. The summed E-state index contributed by atoms with van der Waals surface area (Å²) in [5, 5.41) is 3.03. The van der Waals surface area contributed by atoms with Gasteiger partial charge >= 0.3 is 0 Å². The molecule has 0 aliphatic heterocycles. The molecular weight excluding hydrogens is 424 g/mol. The Morgan fingerprint density at radius 1 is 1.03 bits per heavy atom. The maximum absolute atomic E-state index is 13.4. The van der Waals surface area contributed by atoms with Crippen LogP contribution in [0.3, 0.4) is 0 Å². The number of methoxy groups -OCH3 is 1. The third kappa shape index (κ3) is 4.75. The quantitative estimate of drug-likeness (QED) is 0.582. The molecule has 1 N–H and O–H groups in total. The van der Waals surface area contributed by atoms with E-state index in [4.69, 9.17) is 16.3 Å². The molecule has 0 saturated heterocycles. The number of ether oxygens (including phenoxy) is 1. The second-order valence-electron chi connectivity index (χ2n) is 6.53. The number of halogens is 1. The van der Waals surface area contributed by atoms with E-state index >= 15 is 0 Å². The van der Waals surface area contributed by atoms with Gasteiger partial charge in [-0.25, -0.2) is 8.42 Å². The van der Waals surface area contributed by atoms with Gasteiger partial charge in [-0.05, 0) is 48.9 Å². The molecule has 3 rings (SSSR count). The van der Waals surface area contributed by atoms with Gasteiger partial charge in [-0.2, -0.15) is 0 Å². The smallest absolute Gasteiger partial charge is 0.264 e. The molecule has 0 fully saturated rings. The third-order valence-corrected chi connectivity index (χ3v) is 6.47. The highest BCUT2D eigenvalue weighted by Crippen LogP contribution is 2.33. The molecule has 6 nitrogen and oxygen atoms in total. The van der Waals surface area contributed by atoms with Gasteiger partial charge in [0.15, 0.2) is 0 Å². The molecule has 0 radical (unpaired) electrons. The first-order valence-corrected chi connectivity index (χ1v) is 10.9. The van der Waals surface area contributed by atoms with E-state index in [9.17, 15) is 13.2 Å². The van der Waals surface area contributed by atoms with E-state index in [-0.39, 0.29) is 10.6 Å². The molecule has 3 aromatic rings. The van der Waals surface area contributed by atoms with Crippen LogP contribution < -0.4 is 14.4 Å². The number of para-hydroxylation sites is 1. The van der Waals surface area contributed by atoms with Crippen molar-refractivity contribution in [3.05, 3.63) is 83.4 Å².